The summed E-state index contributed by atoms with van der Waals surface area (Å²) in [5, 5.41) is 3.97. The first-order valence-corrected chi connectivity index (χ1v) is 9.72. The molecule has 1 amide bonds. The third-order valence-corrected chi connectivity index (χ3v) is 6.35. The van der Waals surface area contributed by atoms with E-state index in [1.54, 1.807) is 24.3 Å². The summed E-state index contributed by atoms with van der Waals surface area (Å²) in [6.45, 7) is -0.427. The molecular weight excluding hydrogens is 417 g/mol. The summed E-state index contributed by atoms with van der Waals surface area (Å²) in [5.74, 6) is -1.08. The van der Waals surface area contributed by atoms with Crippen molar-refractivity contribution < 1.29 is 14.3 Å². The monoisotopic (exact) mass is 429 g/mol. The average molecular weight is 430 g/mol. The Morgan fingerprint density at radius 2 is 2.04 bits per heavy atom. The number of nitrogens with one attached hydrogen (secondary N) is 1. The van der Waals surface area contributed by atoms with Gasteiger partial charge in [-0.15, -0.1) is 11.3 Å². The van der Waals surface area contributed by atoms with Gasteiger partial charge in [0.2, 0.25) is 0 Å². The molecule has 3 rings (SSSR count). The van der Waals surface area contributed by atoms with Crippen LogP contribution in [-0.2, 0) is 9.53 Å². The molecule has 2 heterocycles. The second kappa shape index (κ2) is 7.79. The maximum Gasteiger partial charge on any atom is 0.348 e. The molecule has 1 N–H and O–H groups in total. The van der Waals surface area contributed by atoms with Crippen molar-refractivity contribution in [1.29, 1.82) is 0 Å². The van der Waals surface area contributed by atoms with Gasteiger partial charge in [0.15, 0.2) is 11.7 Å². The smallest absolute Gasteiger partial charge is 0.348 e. The van der Waals surface area contributed by atoms with Crippen molar-refractivity contribution in [2.45, 2.75) is 0 Å². The molecule has 136 valence electrons. The van der Waals surface area contributed by atoms with E-state index in [0.29, 0.717) is 15.6 Å². The highest BCUT2D eigenvalue weighted by atomic mass is 35.5. The van der Waals surface area contributed by atoms with E-state index in [9.17, 15) is 9.59 Å². The van der Waals surface area contributed by atoms with Crippen molar-refractivity contribution in [3.05, 3.63) is 39.2 Å². The van der Waals surface area contributed by atoms with E-state index in [1.807, 2.05) is 19.0 Å². The minimum absolute atomic E-state index is 0.232. The molecule has 0 unspecified atom stereocenters. The Hall–Kier alpha value is -1.87. The van der Waals surface area contributed by atoms with Gasteiger partial charge < -0.3 is 15.0 Å². The fourth-order valence-electron chi connectivity index (χ4n) is 2.00. The summed E-state index contributed by atoms with van der Waals surface area (Å²) in [5.41, 5.74) is 0.359. The quantitative estimate of drug-likeness (QED) is 0.603. The number of amides is 1. The van der Waals surface area contributed by atoms with Crippen LogP contribution in [0.15, 0.2) is 24.3 Å². The van der Waals surface area contributed by atoms with Crippen LogP contribution in [0.4, 0.5) is 10.8 Å². The molecule has 6 nitrogen and oxygen atoms in total. The van der Waals surface area contributed by atoms with Crippen LogP contribution in [0, 0.1) is 0 Å². The zero-order chi connectivity index (χ0) is 18.8. The van der Waals surface area contributed by atoms with E-state index in [0.717, 1.165) is 14.7 Å². The third-order valence-electron chi connectivity index (χ3n) is 3.22. The van der Waals surface area contributed by atoms with E-state index >= 15 is 0 Å². The molecule has 0 saturated carbocycles. The van der Waals surface area contributed by atoms with Crippen LogP contribution in [-0.4, -0.2) is 37.6 Å². The molecule has 0 fully saturated rings. The van der Waals surface area contributed by atoms with Gasteiger partial charge in [-0.1, -0.05) is 40.6 Å². The number of ether oxygens (including phenoxy) is 1. The van der Waals surface area contributed by atoms with Crippen LogP contribution in [0.5, 0.6) is 0 Å². The largest absolute Gasteiger partial charge is 0.451 e. The molecular formula is C16H13Cl2N3O3S2. The number of halogens is 2. The number of carbonyl (C=O) groups excluding carboxylic acids is 2. The highest BCUT2D eigenvalue weighted by molar-refractivity contribution is 7.29. The lowest BCUT2D eigenvalue weighted by atomic mass is 10.3. The molecule has 0 bridgehead atoms. The van der Waals surface area contributed by atoms with Gasteiger partial charge in [0.05, 0.1) is 20.4 Å². The number of rotatable bonds is 5. The molecule has 2 aromatic heterocycles. The van der Waals surface area contributed by atoms with Gasteiger partial charge in [-0.25, -0.2) is 9.78 Å². The molecule has 3 aromatic rings. The SMILES string of the molecule is CN(C)c1nc2sc(C(=O)OCC(=O)Nc3cccc(Cl)c3Cl)cc2s1. The second-order valence-electron chi connectivity index (χ2n) is 5.40. The summed E-state index contributed by atoms with van der Waals surface area (Å²) in [6.07, 6.45) is 0. The number of carbonyl (C=O) groups is 2. The maximum absolute atomic E-state index is 12.1. The Labute approximate surface area is 167 Å². The molecule has 26 heavy (non-hydrogen) atoms. The Morgan fingerprint density at radius 3 is 2.73 bits per heavy atom. The van der Waals surface area contributed by atoms with Crippen molar-refractivity contribution in [3.8, 4) is 0 Å². The molecule has 10 heteroatoms. The Kier molecular flexibility index (Phi) is 5.67. The Balaban J connectivity index is 1.60. The van der Waals surface area contributed by atoms with Gasteiger partial charge in [0.1, 0.15) is 9.71 Å². The lowest BCUT2D eigenvalue weighted by Gasteiger charge is -2.08. The van der Waals surface area contributed by atoms with Crippen molar-refractivity contribution in [1.82, 2.24) is 4.98 Å². The summed E-state index contributed by atoms with van der Waals surface area (Å²) in [7, 11) is 3.81. The predicted molar refractivity (Wildman–Crippen MR) is 107 cm³/mol. The van der Waals surface area contributed by atoms with Crippen LogP contribution in [0.25, 0.3) is 9.53 Å². The number of aromatic nitrogens is 1. The topological polar surface area (TPSA) is 71.5 Å². The summed E-state index contributed by atoms with van der Waals surface area (Å²) < 4.78 is 5.96. The highest BCUT2D eigenvalue weighted by Crippen LogP contribution is 2.34. The van der Waals surface area contributed by atoms with Crippen LogP contribution < -0.4 is 10.2 Å². The van der Waals surface area contributed by atoms with Crippen molar-refractivity contribution in [2.24, 2.45) is 0 Å². The van der Waals surface area contributed by atoms with E-state index < -0.39 is 18.5 Å². The number of hydrogen-bond donors (Lipinski definition) is 1. The van der Waals surface area contributed by atoms with Gasteiger partial charge in [0, 0.05) is 14.1 Å². The van der Waals surface area contributed by atoms with E-state index in [1.165, 1.54) is 22.7 Å². The Bertz CT molecular complexity index is 953. The van der Waals surface area contributed by atoms with Crippen LogP contribution >= 0.6 is 45.9 Å². The Morgan fingerprint density at radius 1 is 1.27 bits per heavy atom. The molecule has 0 aliphatic heterocycles. The zero-order valence-corrected chi connectivity index (χ0v) is 16.9. The maximum atomic E-state index is 12.1. The summed E-state index contributed by atoms with van der Waals surface area (Å²) in [6, 6.07) is 6.59. The molecule has 0 aliphatic carbocycles. The van der Waals surface area contributed by atoms with Gasteiger partial charge in [-0.05, 0) is 18.2 Å². The third kappa shape index (κ3) is 4.09. The van der Waals surface area contributed by atoms with E-state index in [-0.39, 0.29) is 5.02 Å². The van der Waals surface area contributed by atoms with Gasteiger partial charge in [-0.2, -0.15) is 0 Å². The number of benzene rings is 1. The second-order valence-corrected chi connectivity index (χ2v) is 8.22. The highest BCUT2D eigenvalue weighted by Gasteiger charge is 2.17. The lowest BCUT2D eigenvalue weighted by molar-refractivity contribution is -0.119. The average Bonchev–Trinajstić information content (AvgIpc) is 3.16. The first kappa shape index (κ1) is 18.9. The number of esters is 1. The minimum Gasteiger partial charge on any atom is -0.451 e. The van der Waals surface area contributed by atoms with Crippen molar-refractivity contribution in [2.75, 3.05) is 30.9 Å². The molecule has 0 radical (unpaired) electrons. The first-order valence-electron chi connectivity index (χ1n) is 7.34. The summed E-state index contributed by atoms with van der Waals surface area (Å²) in [4.78, 5) is 31.6. The number of anilines is 2. The number of nitrogens with zero attached hydrogens (tertiary/aromatic N) is 2. The van der Waals surface area contributed by atoms with Crippen LogP contribution in [0.1, 0.15) is 9.67 Å². The first-order chi connectivity index (χ1) is 12.3. The minimum atomic E-state index is -0.570. The van der Waals surface area contributed by atoms with Crippen LogP contribution in [0.2, 0.25) is 10.0 Å². The van der Waals surface area contributed by atoms with E-state index in [4.69, 9.17) is 27.9 Å². The zero-order valence-electron chi connectivity index (χ0n) is 13.7. The summed E-state index contributed by atoms with van der Waals surface area (Å²) >= 11 is 14.6. The number of thiazole rings is 1. The number of thiophene rings is 1. The number of fused-ring (bicyclic) bond motifs is 1. The fraction of sp³-hybridized carbons (Fsp3) is 0.188. The van der Waals surface area contributed by atoms with Gasteiger partial charge in [0.25, 0.3) is 5.91 Å². The van der Waals surface area contributed by atoms with Gasteiger partial charge in [-0.3, -0.25) is 4.79 Å². The number of hydrogen-bond acceptors (Lipinski definition) is 7. The van der Waals surface area contributed by atoms with Gasteiger partial charge >= 0.3 is 5.97 Å². The van der Waals surface area contributed by atoms with E-state index in [2.05, 4.69) is 10.3 Å². The molecule has 1 aromatic carbocycles. The fourth-order valence-corrected chi connectivity index (χ4v) is 4.38. The normalized spacial score (nSPS) is 10.8. The van der Waals surface area contributed by atoms with Crippen molar-refractivity contribution >= 4 is 78.1 Å². The molecule has 0 saturated heterocycles. The standard InChI is InChI=1S/C16H13Cl2N3O3S2/c1-21(2)16-20-14-10(26-16)6-11(25-14)15(23)24-7-12(22)19-9-5-3-4-8(17)13(9)18/h3-6H,7H2,1-2H3,(H,19,22). The van der Waals surface area contributed by atoms with Crippen molar-refractivity contribution in [3.63, 3.8) is 0 Å². The lowest BCUT2D eigenvalue weighted by Crippen LogP contribution is -2.20. The molecule has 0 atom stereocenters. The predicted octanol–water partition coefficient (Wildman–Crippen LogP) is 4.53. The van der Waals surface area contributed by atoms with Crippen LogP contribution in [0.3, 0.4) is 0 Å². The molecule has 0 spiro atoms. The molecule has 0 aliphatic rings.